The summed E-state index contributed by atoms with van der Waals surface area (Å²) >= 11 is 0. The molecule has 0 spiro atoms. The molecule has 1 N–H and O–H groups in total. The highest BCUT2D eigenvalue weighted by molar-refractivity contribution is 5.64. The van der Waals surface area contributed by atoms with E-state index in [4.69, 9.17) is 4.74 Å². The van der Waals surface area contributed by atoms with Crippen LogP contribution in [-0.4, -0.2) is 26.3 Å². The van der Waals surface area contributed by atoms with Crippen LogP contribution in [0.15, 0.2) is 23.8 Å². The Morgan fingerprint density at radius 2 is 2.19 bits per heavy atom. The Labute approximate surface area is 123 Å². The van der Waals surface area contributed by atoms with Gasteiger partial charge in [-0.2, -0.15) is 8.78 Å². The van der Waals surface area contributed by atoms with Gasteiger partial charge in [-0.15, -0.1) is 0 Å². The molecule has 21 heavy (non-hydrogen) atoms. The van der Waals surface area contributed by atoms with Gasteiger partial charge in [0, 0.05) is 18.2 Å². The third-order valence-corrected chi connectivity index (χ3v) is 3.45. The van der Waals surface area contributed by atoms with Crippen molar-refractivity contribution in [3.63, 3.8) is 0 Å². The van der Waals surface area contributed by atoms with Crippen LogP contribution in [0.5, 0.6) is 11.5 Å². The van der Waals surface area contributed by atoms with Gasteiger partial charge < -0.3 is 14.8 Å². The van der Waals surface area contributed by atoms with Gasteiger partial charge in [-0.25, -0.2) is 0 Å². The van der Waals surface area contributed by atoms with Gasteiger partial charge in [0.05, 0.1) is 7.11 Å². The van der Waals surface area contributed by atoms with Crippen LogP contribution in [0.2, 0.25) is 0 Å². The summed E-state index contributed by atoms with van der Waals surface area (Å²) in [5.41, 5.74) is 1.76. The van der Waals surface area contributed by atoms with Gasteiger partial charge in [0.25, 0.3) is 0 Å². The summed E-state index contributed by atoms with van der Waals surface area (Å²) in [6, 6.07) is 5.75. The molecule has 1 aromatic rings. The summed E-state index contributed by atoms with van der Waals surface area (Å²) < 4.78 is 34.9. The average molecular weight is 297 g/mol. The molecule has 0 amide bonds. The van der Waals surface area contributed by atoms with E-state index >= 15 is 0 Å². The van der Waals surface area contributed by atoms with Crippen LogP contribution >= 0.6 is 0 Å². The number of halogens is 2. The number of hydrogen-bond donors (Lipinski definition) is 1. The van der Waals surface area contributed by atoms with Crippen molar-refractivity contribution in [1.82, 2.24) is 5.32 Å². The lowest BCUT2D eigenvalue weighted by molar-refractivity contribution is -0.0513. The first kappa shape index (κ1) is 15.8. The Morgan fingerprint density at radius 3 is 2.76 bits per heavy atom. The number of rotatable bonds is 8. The van der Waals surface area contributed by atoms with Gasteiger partial charge in [0.2, 0.25) is 0 Å². The third-order valence-electron chi connectivity index (χ3n) is 3.45. The molecule has 1 aliphatic rings. The molecule has 0 aromatic heterocycles. The van der Waals surface area contributed by atoms with Crippen molar-refractivity contribution in [3.8, 4) is 11.5 Å². The Kier molecular flexibility index (Phi) is 5.56. The summed E-state index contributed by atoms with van der Waals surface area (Å²) in [6.45, 7) is -0.0520. The average Bonchev–Trinajstić information content (AvgIpc) is 3.28. The van der Waals surface area contributed by atoms with Crippen molar-refractivity contribution >= 4 is 6.08 Å². The maximum Gasteiger partial charge on any atom is 0.387 e. The van der Waals surface area contributed by atoms with E-state index in [0.717, 1.165) is 18.5 Å². The van der Waals surface area contributed by atoms with Crippen LogP contribution in [0, 0.1) is 0 Å². The zero-order valence-corrected chi connectivity index (χ0v) is 12.4. The summed E-state index contributed by atoms with van der Waals surface area (Å²) in [6.07, 6.45) is 5.19. The minimum Gasteiger partial charge on any atom is -0.493 e. The van der Waals surface area contributed by atoms with E-state index in [1.165, 1.54) is 20.0 Å². The Bertz CT molecular complexity index is 499. The quantitative estimate of drug-likeness (QED) is 0.791. The molecule has 2 rings (SSSR count). The second-order valence-corrected chi connectivity index (χ2v) is 5.07. The fourth-order valence-corrected chi connectivity index (χ4v) is 2.08. The topological polar surface area (TPSA) is 30.5 Å². The second-order valence-electron chi connectivity index (χ2n) is 5.07. The van der Waals surface area contributed by atoms with E-state index in [2.05, 4.69) is 10.1 Å². The normalized spacial score (nSPS) is 15.4. The minimum atomic E-state index is -2.87. The molecular formula is C16H21F2NO2. The van der Waals surface area contributed by atoms with Crippen LogP contribution in [0.4, 0.5) is 8.78 Å². The van der Waals surface area contributed by atoms with E-state index in [0.29, 0.717) is 17.4 Å². The molecule has 0 atom stereocenters. The SMILES string of the molecule is CCC(=Cc1cccc(OC)c1OC(F)F)CNC1CC1. The highest BCUT2D eigenvalue weighted by atomic mass is 19.3. The van der Waals surface area contributed by atoms with Crippen molar-refractivity contribution in [1.29, 1.82) is 0 Å². The smallest absolute Gasteiger partial charge is 0.387 e. The molecule has 5 heteroatoms. The predicted octanol–water partition coefficient (Wildman–Crippen LogP) is 3.84. The Hall–Kier alpha value is -1.62. The molecule has 1 saturated carbocycles. The van der Waals surface area contributed by atoms with Crippen LogP contribution < -0.4 is 14.8 Å². The fraction of sp³-hybridized carbons (Fsp3) is 0.500. The highest BCUT2D eigenvalue weighted by Crippen LogP contribution is 2.34. The van der Waals surface area contributed by atoms with Crippen LogP contribution in [0.25, 0.3) is 6.08 Å². The van der Waals surface area contributed by atoms with E-state index in [9.17, 15) is 8.78 Å². The lowest BCUT2D eigenvalue weighted by Crippen LogP contribution is -2.19. The minimum absolute atomic E-state index is 0.0902. The van der Waals surface area contributed by atoms with Crippen LogP contribution in [-0.2, 0) is 0 Å². The standard InChI is InChI=1S/C16H21F2NO2/c1-3-11(10-19-13-7-8-13)9-12-5-4-6-14(20-2)15(12)21-16(17)18/h4-6,9,13,16,19H,3,7-8,10H2,1-2H3. The second kappa shape index (κ2) is 7.41. The van der Waals surface area contributed by atoms with E-state index in [1.807, 2.05) is 13.0 Å². The first-order chi connectivity index (χ1) is 10.1. The molecule has 3 nitrogen and oxygen atoms in total. The third kappa shape index (κ3) is 4.70. The van der Waals surface area contributed by atoms with Crippen molar-refractivity contribution in [2.24, 2.45) is 0 Å². The van der Waals surface area contributed by atoms with Crippen molar-refractivity contribution in [3.05, 3.63) is 29.3 Å². The molecular weight excluding hydrogens is 276 g/mol. The number of hydrogen-bond acceptors (Lipinski definition) is 3. The number of ether oxygens (including phenoxy) is 2. The van der Waals surface area contributed by atoms with Crippen molar-refractivity contribution in [2.75, 3.05) is 13.7 Å². The number of nitrogens with one attached hydrogen (secondary N) is 1. The molecule has 0 saturated heterocycles. The lowest BCUT2D eigenvalue weighted by atomic mass is 10.1. The Balaban J connectivity index is 2.22. The zero-order chi connectivity index (χ0) is 15.2. The molecule has 0 unspecified atom stereocenters. The highest BCUT2D eigenvalue weighted by Gasteiger charge is 2.20. The maximum absolute atomic E-state index is 12.6. The molecule has 116 valence electrons. The number of methoxy groups -OCH3 is 1. The molecule has 0 bridgehead atoms. The fourth-order valence-electron chi connectivity index (χ4n) is 2.08. The molecule has 0 heterocycles. The lowest BCUT2D eigenvalue weighted by Gasteiger charge is -2.14. The first-order valence-corrected chi connectivity index (χ1v) is 7.18. The van der Waals surface area contributed by atoms with E-state index in [-0.39, 0.29) is 5.75 Å². The predicted molar refractivity (Wildman–Crippen MR) is 78.9 cm³/mol. The number of para-hydroxylation sites is 1. The van der Waals surface area contributed by atoms with Gasteiger partial charge in [-0.1, -0.05) is 30.7 Å². The zero-order valence-electron chi connectivity index (χ0n) is 12.4. The molecule has 1 fully saturated rings. The maximum atomic E-state index is 12.6. The van der Waals surface area contributed by atoms with Gasteiger partial charge in [0.1, 0.15) is 0 Å². The van der Waals surface area contributed by atoms with Gasteiger partial charge >= 0.3 is 6.61 Å². The monoisotopic (exact) mass is 297 g/mol. The van der Waals surface area contributed by atoms with Gasteiger partial charge in [-0.05, 0) is 25.3 Å². The number of benzene rings is 1. The summed E-state index contributed by atoms with van der Waals surface area (Å²) in [5.74, 6) is 0.405. The number of alkyl halides is 2. The first-order valence-electron chi connectivity index (χ1n) is 7.18. The summed E-state index contributed by atoms with van der Waals surface area (Å²) in [4.78, 5) is 0. The van der Waals surface area contributed by atoms with Crippen LogP contribution in [0.1, 0.15) is 31.7 Å². The van der Waals surface area contributed by atoms with E-state index < -0.39 is 6.61 Å². The molecule has 0 radical (unpaired) electrons. The Morgan fingerprint density at radius 1 is 1.43 bits per heavy atom. The van der Waals surface area contributed by atoms with Crippen molar-refractivity contribution in [2.45, 2.75) is 38.8 Å². The molecule has 1 aliphatic carbocycles. The molecule has 0 aliphatic heterocycles. The van der Waals surface area contributed by atoms with Gasteiger partial charge in [-0.3, -0.25) is 0 Å². The van der Waals surface area contributed by atoms with Crippen LogP contribution in [0.3, 0.4) is 0 Å². The largest absolute Gasteiger partial charge is 0.493 e. The summed E-state index contributed by atoms with van der Waals surface area (Å²) in [7, 11) is 1.44. The van der Waals surface area contributed by atoms with Crippen molar-refractivity contribution < 1.29 is 18.3 Å². The molecule has 1 aromatic carbocycles. The van der Waals surface area contributed by atoms with Gasteiger partial charge in [0.15, 0.2) is 11.5 Å². The van der Waals surface area contributed by atoms with E-state index in [1.54, 1.807) is 18.2 Å². The summed E-state index contributed by atoms with van der Waals surface area (Å²) in [5, 5.41) is 3.43.